The molecule has 1 N–H and O–H groups in total. The number of piperidine rings is 1. The molecule has 2 heterocycles. The number of fused-ring (bicyclic) bond motifs is 1. The third kappa shape index (κ3) is 3.60. The van der Waals surface area contributed by atoms with Crippen molar-refractivity contribution in [2.75, 3.05) is 25.0 Å². The highest BCUT2D eigenvalue weighted by atomic mass is 16.4. The number of aliphatic carboxylic acids is 1. The van der Waals surface area contributed by atoms with Gasteiger partial charge in [0, 0.05) is 17.2 Å². The Morgan fingerprint density at radius 2 is 1.74 bits per heavy atom. The Hall–Kier alpha value is -2.66. The lowest BCUT2D eigenvalue weighted by molar-refractivity contribution is -0.137. The van der Waals surface area contributed by atoms with Crippen molar-refractivity contribution >= 4 is 23.2 Å². The van der Waals surface area contributed by atoms with Gasteiger partial charge >= 0.3 is 5.97 Å². The number of benzene rings is 2. The Bertz CT molecular complexity index is 842. The fourth-order valence-electron chi connectivity index (χ4n) is 4.17. The third-order valence-electron chi connectivity index (χ3n) is 5.58. The van der Waals surface area contributed by atoms with E-state index in [0.29, 0.717) is 5.92 Å². The fourth-order valence-corrected chi connectivity index (χ4v) is 4.17. The molecule has 0 saturated carbocycles. The summed E-state index contributed by atoms with van der Waals surface area (Å²) in [5, 5.41) is 9.61. The normalized spacial score (nSPS) is 20.9. The number of carboxylic acid groups (broad SMARTS) is 1. The zero-order valence-electron chi connectivity index (χ0n) is 15.6. The number of hydrogen-bond donors (Lipinski definition) is 1. The van der Waals surface area contributed by atoms with E-state index in [-0.39, 0.29) is 12.5 Å². The van der Waals surface area contributed by atoms with Gasteiger partial charge in [0.05, 0.1) is 18.2 Å². The van der Waals surface area contributed by atoms with E-state index in [1.807, 2.05) is 54.6 Å². The van der Waals surface area contributed by atoms with Crippen LogP contribution in [0.5, 0.6) is 0 Å². The fraction of sp³-hybridized carbons (Fsp3) is 0.364. The summed E-state index contributed by atoms with van der Waals surface area (Å²) in [5.41, 5.74) is 2.90. The number of likely N-dealkylation sites (tertiary alicyclic amines) is 1. The molecule has 2 aromatic rings. The first-order valence-electron chi connectivity index (χ1n) is 9.55. The maximum atomic E-state index is 11.7. The summed E-state index contributed by atoms with van der Waals surface area (Å²) in [7, 11) is 2.15. The van der Waals surface area contributed by atoms with Crippen LogP contribution >= 0.6 is 0 Å². The predicted octanol–water partition coefficient (Wildman–Crippen LogP) is 4.09. The number of hydrogen-bond acceptors (Lipinski definition) is 4. The number of rotatable bonds is 4. The molecule has 5 nitrogen and oxygen atoms in total. The van der Waals surface area contributed by atoms with E-state index in [4.69, 9.17) is 4.99 Å². The summed E-state index contributed by atoms with van der Waals surface area (Å²) in [4.78, 5) is 21.3. The lowest BCUT2D eigenvalue weighted by Crippen LogP contribution is -2.45. The molecule has 0 bridgehead atoms. The SMILES string of the molecule is CN1CCC(C2=Nc3ccccc3C(CC(=O)O)N2c2ccccc2)CC1. The molecule has 27 heavy (non-hydrogen) atoms. The van der Waals surface area contributed by atoms with Crippen molar-refractivity contribution in [3.05, 3.63) is 60.2 Å². The van der Waals surface area contributed by atoms with Crippen LogP contribution in [0, 0.1) is 5.92 Å². The molecule has 1 fully saturated rings. The minimum Gasteiger partial charge on any atom is -0.481 e. The minimum absolute atomic E-state index is 0.0531. The first kappa shape index (κ1) is 17.7. The second kappa shape index (κ2) is 7.53. The number of carboxylic acids is 1. The van der Waals surface area contributed by atoms with Crippen LogP contribution in [0.2, 0.25) is 0 Å². The molecular formula is C22H25N3O2. The van der Waals surface area contributed by atoms with E-state index in [9.17, 15) is 9.90 Å². The average molecular weight is 363 g/mol. The highest BCUT2D eigenvalue weighted by Gasteiger charge is 2.36. The maximum absolute atomic E-state index is 11.7. The van der Waals surface area contributed by atoms with Crippen molar-refractivity contribution in [3.63, 3.8) is 0 Å². The molecule has 0 radical (unpaired) electrons. The highest BCUT2D eigenvalue weighted by Crippen LogP contribution is 2.42. The van der Waals surface area contributed by atoms with Crippen LogP contribution in [0.3, 0.4) is 0 Å². The third-order valence-corrected chi connectivity index (χ3v) is 5.58. The molecule has 1 atom stereocenters. The number of anilines is 1. The summed E-state index contributed by atoms with van der Waals surface area (Å²) in [6.07, 6.45) is 2.14. The van der Waals surface area contributed by atoms with Crippen LogP contribution in [-0.4, -0.2) is 41.9 Å². The predicted molar refractivity (Wildman–Crippen MR) is 108 cm³/mol. The van der Waals surface area contributed by atoms with E-state index >= 15 is 0 Å². The number of amidine groups is 1. The van der Waals surface area contributed by atoms with E-state index in [1.54, 1.807) is 0 Å². The van der Waals surface area contributed by atoms with Gasteiger partial charge in [-0.2, -0.15) is 0 Å². The average Bonchev–Trinajstić information content (AvgIpc) is 2.68. The van der Waals surface area contributed by atoms with Gasteiger partial charge in [-0.25, -0.2) is 4.99 Å². The molecule has 0 aliphatic carbocycles. The van der Waals surface area contributed by atoms with Gasteiger partial charge in [0.2, 0.25) is 0 Å². The second-order valence-corrected chi connectivity index (χ2v) is 7.43. The van der Waals surface area contributed by atoms with E-state index in [1.165, 1.54) is 0 Å². The van der Waals surface area contributed by atoms with Gasteiger partial charge in [-0.1, -0.05) is 36.4 Å². The molecule has 0 aromatic heterocycles. The summed E-state index contributed by atoms with van der Waals surface area (Å²) >= 11 is 0. The van der Waals surface area contributed by atoms with Crippen molar-refractivity contribution in [3.8, 4) is 0 Å². The zero-order chi connectivity index (χ0) is 18.8. The van der Waals surface area contributed by atoms with E-state index in [0.717, 1.165) is 48.7 Å². The van der Waals surface area contributed by atoms with Crippen molar-refractivity contribution in [1.29, 1.82) is 0 Å². The van der Waals surface area contributed by atoms with Gasteiger partial charge in [0.1, 0.15) is 5.84 Å². The lowest BCUT2D eigenvalue weighted by atomic mass is 9.89. The van der Waals surface area contributed by atoms with Crippen molar-refractivity contribution in [2.45, 2.75) is 25.3 Å². The van der Waals surface area contributed by atoms with Crippen LogP contribution in [-0.2, 0) is 4.79 Å². The summed E-state index contributed by atoms with van der Waals surface area (Å²) in [6, 6.07) is 17.8. The molecule has 2 aliphatic heterocycles. The topological polar surface area (TPSA) is 56.1 Å². The molecular weight excluding hydrogens is 338 g/mol. The Labute approximate surface area is 159 Å². The molecule has 5 heteroatoms. The Kier molecular flexibility index (Phi) is 4.94. The highest BCUT2D eigenvalue weighted by molar-refractivity contribution is 6.04. The van der Waals surface area contributed by atoms with Crippen LogP contribution in [0.25, 0.3) is 0 Å². The van der Waals surface area contributed by atoms with Crippen LogP contribution in [0.1, 0.15) is 30.9 Å². The van der Waals surface area contributed by atoms with Crippen molar-refractivity contribution in [2.24, 2.45) is 10.9 Å². The van der Waals surface area contributed by atoms with Gasteiger partial charge in [0.15, 0.2) is 0 Å². The van der Waals surface area contributed by atoms with Gasteiger partial charge in [-0.05, 0) is 51.2 Å². The molecule has 0 amide bonds. The molecule has 2 aliphatic rings. The van der Waals surface area contributed by atoms with Crippen molar-refractivity contribution in [1.82, 2.24) is 4.90 Å². The quantitative estimate of drug-likeness (QED) is 0.889. The maximum Gasteiger partial charge on any atom is 0.305 e. The van der Waals surface area contributed by atoms with Gasteiger partial charge in [0.25, 0.3) is 0 Å². The minimum atomic E-state index is -0.791. The molecule has 1 saturated heterocycles. The Morgan fingerprint density at radius 3 is 2.44 bits per heavy atom. The van der Waals surface area contributed by atoms with Crippen LogP contribution < -0.4 is 4.90 Å². The Balaban J connectivity index is 1.82. The van der Waals surface area contributed by atoms with Gasteiger partial charge in [-0.15, -0.1) is 0 Å². The second-order valence-electron chi connectivity index (χ2n) is 7.43. The number of aliphatic imine (C=N–C) groups is 1. The smallest absolute Gasteiger partial charge is 0.305 e. The van der Waals surface area contributed by atoms with Crippen molar-refractivity contribution < 1.29 is 9.90 Å². The molecule has 1 unspecified atom stereocenters. The van der Waals surface area contributed by atoms with Crippen LogP contribution in [0.4, 0.5) is 11.4 Å². The summed E-state index contributed by atoms with van der Waals surface area (Å²) in [6.45, 7) is 2.08. The largest absolute Gasteiger partial charge is 0.481 e. The number of carbonyl (C=O) groups is 1. The standard InChI is InChI=1S/C22H25N3O2/c1-24-13-11-16(12-14-24)22-23-19-10-6-5-9-18(19)20(15-21(26)27)25(22)17-7-3-2-4-8-17/h2-10,16,20H,11-15H2,1H3,(H,26,27). The molecule has 4 rings (SSSR count). The van der Waals surface area contributed by atoms with E-state index in [2.05, 4.69) is 16.8 Å². The summed E-state index contributed by atoms with van der Waals surface area (Å²) in [5.74, 6) is 0.561. The molecule has 0 spiro atoms. The lowest BCUT2D eigenvalue weighted by Gasteiger charge is -2.42. The van der Waals surface area contributed by atoms with E-state index < -0.39 is 5.97 Å². The first-order valence-corrected chi connectivity index (χ1v) is 9.55. The summed E-state index contributed by atoms with van der Waals surface area (Å²) < 4.78 is 0. The Morgan fingerprint density at radius 1 is 1.07 bits per heavy atom. The number of para-hydroxylation sites is 2. The number of nitrogens with zero attached hydrogens (tertiary/aromatic N) is 3. The monoisotopic (exact) mass is 363 g/mol. The molecule has 140 valence electrons. The van der Waals surface area contributed by atoms with Gasteiger partial charge < -0.3 is 14.9 Å². The van der Waals surface area contributed by atoms with Gasteiger partial charge in [-0.3, -0.25) is 4.79 Å². The van der Waals surface area contributed by atoms with Crippen LogP contribution in [0.15, 0.2) is 59.6 Å². The molecule has 2 aromatic carbocycles. The first-order chi connectivity index (χ1) is 13.1. The zero-order valence-corrected chi connectivity index (χ0v) is 15.6.